The lowest BCUT2D eigenvalue weighted by molar-refractivity contribution is 0.316. The van der Waals surface area contributed by atoms with Crippen LogP contribution in [0.5, 0.6) is 11.5 Å². The number of halogens is 2. The third-order valence-electron chi connectivity index (χ3n) is 3.70. The van der Waals surface area contributed by atoms with Crippen LogP contribution in [0.25, 0.3) is 10.9 Å². The van der Waals surface area contributed by atoms with Gasteiger partial charge in [-0.15, -0.1) is 0 Å². The van der Waals surface area contributed by atoms with Crippen molar-refractivity contribution in [1.82, 2.24) is 9.97 Å². The maximum Gasteiger partial charge on any atom is 0.162 e. The first-order chi connectivity index (χ1) is 12.1. The van der Waals surface area contributed by atoms with Crippen molar-refractivity contribution in [2.75, 3.05) is 23.5 Å². The summed E-state index contributed by atoms with van der Waals surface area (Å²) in [5.41, 5.74) is 1.62. The Labute approximate surface area is 158 Å². The number of aryl methyl sites for hydroxylation is 1. The maximum absolute atomic E-state index is 14.3. The molecule has 0 bridgehead atoms. The monoisotopic (exact) mass is 453 g/mol. The van der Waals surface area contributed by atoms with Gasteiger partial charge in [-0.25, -0.2) is 14.4 Å². The quantitative estimate of drug-likeness (QED) is 0.435. The first kappa shape index (κ1) is 17.7. The Morgan fingerprint density at radius 1 is 1.20 bits per heavy atom. The number of fused-ring (bicyclic) bond motifs is 1. The number of nitrogens with zero attached hydrogens (tertiary/aromatic N) is 2. The van der Waals surface area contributed by atoms with Crippen LogP contribution in [-0.2, 0) is 0 Å². The van der Waals surface area contributed by atoms with Gasteiger partial charge in [0.25, 0.3) is 0 Å². The minimum atomic E-state index is -0.302. The Kier molecular flexibility index (Phi) is 5.52. The highest BCUT2D eigenvalue weighted by Gasteiger charge is 2.13. The molecule has 3 rings (SSSR count). The summed E-state index contributed by atoms with van der Waals surface area (Å²) in [6, 6.07) is 8.79. The average molecular weight is 453 g/mol. The first-order valence-corrected chi connectivity index (χ1v) is 9.20. The van der Waals surface area contributed by atoms with E-state index in [9.17, 15) is 4.39 Å². The van der Waals surface area contributed by atoms with E-state index >= 15 is 0 Å². The second-order valence-corrected chi connectivity index (χ2v) is 6.42. The molecule has 0 saturated heterocycles. The van der Waals surface area contributed by atoms with E-state index in [4.69, 9.17) is 9.47 Å². The van der Waals surface area contributed by atoms with E-state index < -0.39 is 0 Å². The van der Waals surface area contributed by atoms with Crippen LogP contribution in [0, 0.1) is 12.7 Å². The second-order valence-electron chi connectivity index (χ2n) is 5.34. The predicted molar refractivity (Wildman–Crippen MR) is 105 cm³/mol. The molecule has 0 atom stereocenters. The number of anilines is 2. The van der Waals surface area contributed by atoms with Crippen LogP contribution in [0.1, 0.15) is 5.56 Å². The maximum atomic E-state index is 14.3. The van der Waals surface area contributed by atoms with Gasteiger partial charge in [0.2, 0.25) is 0 Å². The van der Waals surface area contributed by atoms with Gasteiger partial charge in [0.15, 0.2) is 11.5 Å². The number of methoxy groups -OCH3 is 1. The molecule has 0 aliphatic heterocycles. The number of nitrogens with one attached hydrogen (secondary N) is 1. The molecule has 0 amide bonds. The van der Waals surface area contributed by atoms with Crippen molar-refractivity contribution in [3.8, 4) is 11.5 Å². The number of hydrogen-bond donors (Lipinski definition) is 1. The van der Waals surface area contributed by atoms with E-state index in [1.807, 2.05) is 6.07 Å². The van der Waals surface area contributed by atoms with Crippen molar-refractivity contribution in [1.29, 1.82) is 0 Å². The molecule has 3 aromatic rings. The molecule has 2 aromatic carbocycles. The standard InChI is InChI=1S/C18H17FIN3O2/c1-11-4-3-5-13(17(11)19)23-18-12-8-16(25-7-6-20)15(24-2)9-14(12)21-10-22-18/h3-5,8-10H,6-7H2,1-2H3,(H,21,22,23). The van der Waals surface area contributed by atoms with Crippen LogP contribution < -0.4 is 14.8 Å². The zero-order chi connectivity index (χ0) is 17.8. The van der Waals surface area contributed by atoms with Gasteiger partial charge in [-0.05, 0) is 24.6 Å². The lowest BCUT2D eigenvalue weighted by atomic mass is 10.2. The van der Waals surface area contributed by atoms with Gasteiger partial charge in [-0.2, -0.15) is 0 Å². The van der Waals surface area contributed by atoms with Gasteiger partial charge in [0.1, 0.15) is 18.0 Å². The molecule has 1 heterocycles. The molecule has 0 fully saturated rings. The third kappa shape index (κ3) is 3.76. The van der Waals surface area contributed by atoms with Crippen LogP contribution in [0.15, 0.2) is 36.7 Å². The number of aromatic nitrogens is 2. The molecule has 1 N–H and O–H groups in total. The minimum absolute atomic E-state index is 0.302. The van der Waals surface area contributed by atoms with Crippen molar-refractivity contribution in [2.45, 2.75) is 6.92 Å². The molecule has 5 nitrogen and oxygen atoms in total. The van der Waals surface area contributed by atoms with E-state index in [1.54, 1.807) is 38.3 Å². The molecule has 0 aliphatic carbocycles. The summed E-state index contributed by atoms with van der Waals surface area (Å²) in [4.78, 5) is 8.53. The Bertz CT molecular complexity index is 905. The summed E-state index contributed by atoms with van der Waals surface area (Å²) in [6.07, 6.45) is 1.43. The number of ether oxygens (including phenoxy) is 2. The van der Waals surface area contributed by atoms with E-state index in [1.165, 1.54) is 6.33 Å². The molecule has 0 aliphatic rings. The van der Waals surface area contributed by atoms with Gasteiger partial charge in [0, 0.05) is 15.9 Å². The largest absolute Gasteiger partial charge is 0.493 e. The fraction of sp³-hybridized carbons (Fsp3) is 0.222. The fourth-order valence-electron chi connectivity index (χ4n) is 2.46. The summed E-state index contributed by atoms with van der Waals surface area (Å²) in [7, 11) is 1.58. The minimum Gasteiger partial charge on any atom is -0.493 e. The van der Waals surface area contributed by atoms with Gasteiger partial charge >= 0.3 is 0 Å². The Balaban J connectivity index is 2.07. The summed E-state index contributed by atoms with van der Waals surface area (Å²) in [6.45, 7) is 2.28. The van der Waals surface area contributed by atoms with Gasteiger partial charge in [0.05, 0.1) is 24.9 Å². The van der Waals surface area contributed by atoms with E-state index in [0.717, 1.165) is 9.81 Å². The second kappa shape index (κ2) is 7.81. The van der Waals surface area contributed by atoms with Crippen LogP contribution >= 0.6 is 22.6 Å². The smallest absolute Gasteiger partial charge is 0.162 e. The topological polar surface area (TPSA) is 56.3 Å². The Hall–Kier alpha value is -2.16. The highest BCUT2D eigenvalue weighted by molar-refractivity contribution is 14.1. The first-order valence-electron chi connectivity index (χ1n) is 7.67. The van der Waals surface area contributed by atoms with Crippen molar-refractivity contribution in [3.05, 3.63) is 48.0 Å². The third-order valence-corrected chi connectivity index (χ3v) is 4.14. The molecule has 1 aromatic heterocycles. The fourth-order valence-corrected chi connectivity index (χ4v) is 2.68. The summed E-state index contributed by atoms with van der Waals surface area (Å²) >= 11 is 2.24. The summed E-state index contributed by atoms with van der Waals surface area (Å²) < 4.78 is 26.3. The highest BCUT2D eigenvalue weighted by atomic mass is 127. The SMILES string of the molecule is COc1cc2ncnc(Nc3cccc(C)c3F)c2cc1OCCI. The van der Waals surface area contributed by atoms with E-state index in [2.05, 4.69) is 37.9 Å². The van der Waals surface area contributed by atoms with Crippen molar-refractivity contribution < 1.29 is 13.9 Å². The lowest BCUT2D eigenvalue weighted by Gasteiger charge is -2.14. The van der Waals surface area contributed by atoms with Crippen molar-refractivity contribution in [2.24, 2.45) is 0 Å². The molecular weight excluding hydrogens is 436 g/mol. The molecular formula is C18H17FIN3O2. The van der Waals surface area contributed by atoms with Crippen LogP contribution in [0.4, 0.5) is 15.9 Å². The number of alkyl halides is 1. The van der Waals surface area contributed by atoms with Crippen LogP contribution in [0.2, 0.25) is 0 Å². The van der Waals surface area contributed by atoms with Gasteiger partial charge in [-0.3, -0.25) is 0 Å². The Morgan fingerprint density at radius 2 is 2.04 bits per heavy atom. The Morgan fingerprint density at radius 3 is 2.80 bits per heavy atom. The average Bonchev–Trinajstić information content (AvgIpc) is 2.63. The van der Waals surface area contributed by atoms with Gasteiger partial charge < -0.3 is 14.8 Å². The van der Waals surface area contributed by atoms with Crippen LogP contribution in [0.3, 0.4) is 0 Å². The molecule has 130 valence electrons. The van der Waals surface area contributed by atoms with E-state index in [0.29, 0.717) is 40.7 Å². The summed E-state index contributed by atoms with van der Waals surface area (Å²) in [5, 5.41) is 3.78. The lowest BCUT2D eigenvalue weighted by Crippen LogP contribution is -2.02. The molecule has 7 heteroatoms. The zero-order valence-corrected chi connectivity index (χ0v) is 16.0. The zero-order valence-electron chi connectivity index (χ0n) is 13.8. The number of hydrogen-bond acceptors (Lipinski definition) is 5. The van der Waals surface area contributed by atoms with Gasteiger partial charge in [-0.1, -0.05) is 34.7 Å². The molecule has 0 saturated carbocycles. The molecule has 0 unspecified atom stereocenters. The van der Waals surface area contributed by atoms with Crippen LogP contribution in [-0.4, -0.2) is 28.1 Å². The number of rotatable bonds is 6. The molecule has 0 spiro atoms. The summed E-state index contributed by atoms with van der Waals surface area (Å²) in [5.74, 6) is 1.42. The number of benzene rings is 2. The predicted octanol–water partition coefficient (Wildman–Crippen LogP) is 4.64. The van der Waals surface area contributed by atoms with Crippen molar-refractivity contribution >= 4 is 45.0 Å². The molecule has 0 radical (unpaired) electrons. The van der Waals surface area contributed by atoms with Crippen molar-refractivity contribution in [3.63, 3.8) is 0 Å². The van der Waals surface area contributed by atoms with E-state index in [-0.39, 0.29) is 5.82 Å². The normalized spacial score (nSPS) is 10.7. The highest BCUT2D eigenvalue weighted by Crippen LogP contribution is 2.35. The molecule has 25 heavy (non-hydrogen) atoms.